The van der Waals surface area contributed by atoms with E-state index in [1.807, 2.05) is 26.0 Å². The van der Waals surface area contributed by atoms with Gasteiger partial charge in [0.2, 0.25) is 0 Å². The molecule has 0 heterocycles. The quantitative estimate of drug-likeness (QED) is 0.251. The van der Waals surface area contributed by atoms with Crippen LogP contribution in [0.15, 0.2) is 24.3 Å². The van der Waals surface area contributed by atoms with Crippen molar-refractivity contribution in [1.29, 1.82) is 0 Å². The molecule has 0 radical (unpaired) electrons. The Bertz CT molecular complexity index is 533. The molecule has 0 aromatic heterocycles. The van der Waals surface area contributed by atoms with Crippen molar-refractivity contribution in [3.05, 3.63) is 24.3 Å². The Labute approximate surface area is 175 Å². The van der Waals surface area contributed by atoms with Crippen molar-refractivity contribution in [3.63, 3.8) is 0 Å². The highest BCUT2D eigenvalue weighted by molar-refractivity contribution is 9.39. The van der Waals surface area contributed by atoms with Crippen LogP contribution < -0.4 is 10.1 Å². The molecule has 25 heavy (non-hydrogen) atoms. The van der Waals surface area contributed by atoms with Crippen LogP contribution in [-0.4, -0.2) is 39.1 Å². The Balaban J connectivity index is 2.72. The Kier molecular flexibility index (Phi) is 9.77. The number of nitrogens with one attached hydrogen (secondary N) is 1. The smallest absolute Gasteiger partial charge is 0.323 e. The second kappa shape index (κ2) is 10.7. The predicted molar refractivity (Wildman–Crippen MR) is 113 cm³/mol. The van der Waals surface area contributed by atoms with Crippen LogP contribution in [0.4, 0.5) is 10.5 Å². The van der Waals surface area contributed by atoms with Gasteiger partial charge in [0.25, 0.3) is 0 Å². The summed E-state index contributed by atoms with van der Waals surface area (Å²) in [6.45, 7) is 6.59. The van der Waals surface area contributed by atoms with Gasteiger partial charge in [-0.2, -0.15) is 0 Å². The molecule has 1 N–H and O–H groups in total. The van der Waals surface area contributed by atoms with Gasteiger partial charge in [-0.3, -0.25) is 4.90 Å². The van der Waals surface area contributed by atoms with E-state index in [9.17, 15) is 4.79 Å². The largest absolute Gasteiger partial charge is 0.491 e. The van der Waals surface area contributed by atoms with Crippen LogP contribution in [0.1, 0.15) is 33.6 Å². The zero-order chi connectivity index (χ0) is 19.0. The molecule has 0 aliphatic heterocycles. The molecule has 0 aliphatic carbocycles. The number of hydrogen-bond acceptors (Lipinski definition) is 3. The van der Waals surface area contributed by atoms with Crippen LogP contribution in [0, 0.1) is 0 Å². The van der Waals surface area contributed by atoms with Crippen molar-refractivity contribution in [3.8, 4) is 5.75 Å². The van der Waals surface area contributed by atoms with E-state index in [0.29, 0.717) is 12.3 Å². The molecule has 2 amide bonds. The minimum atomic E-state index is -0.734. The number of unbranched alkanes of at least 4 members (excludes halogenated alkanes) is 1. The third kappa shape index (κ3) is 8.28. The van der Waals surface area contributed by atoms with E-state index in [1.165, 1.54) is 4.90 Å². The normalized spacial score (nSPS) is 12.8. The fourth-order valence-electron chi connectivity index (χ4n) is 1.97. The summed E-state index contributed by atoms with van der Waals surface area (Å²) in [7, 11) is 1.68. The molecular weight excluding hydrogens is 520 g/mol. The van der Waals surface area contributed by atoms with Crippen molar-refractivity contribution in [2.24, 2.45) is 0 Å². The van der Waals surface area contributed by atoms with Crippen LogP contribution in [0.3, 0.4) is 0 Å². The minimum absolute atomic E-state index is 0.109. The Hall–Kier alpha value is -0.310. The van der Waals surface area contributed by atoms with E-state index in [1.54, 1.807) is 19.2 Å². The summed E-state index contributed by atoms with van der Waals surface area (Å²) in [6.07, 6.45) is 1.51. The maximum atomic E-state index is 12.5. The van der Waals surface area contributed by atoms with E-state index >= 15 is 0 Å². The SMILES string of the molecule is CCCCOC(N(C)C(=O)Nc1ccc(OC(C)C)cc1)C(Br)(Br)Br. The Morgan fingerprint density at radius 2 is 1.84 bits per heavy atom. The topological polar surface area (TPSA) is 50.8 Å². The molecule has 0 aliphatic rings. The number of nitrogens with zero attached hydrogens (tertiary/aromatic N) is 1. The number of carbonyl (C=O) groups excluding carboxylic acids is 1. The molecule has 1 aromatic carbocycles. The molecule has 1 aromatic rings. The van der Waals surface area contributed by atoms with Gasteiger partial charge in [0.15, 0.2) is 8.37 Å². The van der Waals surface area contributed by atoms with Gasteiger partial charge in [-0.25, -0.2) is 4.79 Å². The van der Waals surface area contributed by atoms with Crippen molar-refractivity contribution in [1.82, 2.24) is 4.90 Å². The summed E-state index contributed by atoms with van der Waals surface area (Å²) < 4.78 is 10.7. The molecule has 0 fully saturated rings. The van der Waals surface area contributed by atoms with Crippen molar-refractivity contribution in [2.75, 3.05) is 19.0 Å². The summed E-state index contributed by atoms with van der Waals surface area (Å²) >= 11 is 10.4. The first-order valence-electron chi connectivity index (χ1n) is 8.14. The number of halogens is 3. The summed E-state index contributed by atoms with van der Waals surface area (Å²) in [4.78, 5) is 14.0. The van der Waals surface area contributed by atoms with Crippen LogP contribution in [0.25, 0.3) is 0 Å². The van der Waals surface area contributed by atoms with E-state index in [2.05, 4.69) is 60.0 Å². The number of alkyl halides is 3. The van der Waals surface area contributed by atoms with Gasteiger partial charge >= 0.3 is 6.03 Å². The predicted octanol–water partition coefficient (Wildman–Crippen LogP) is 5.92. The number of benzene rings is 1. The molecular formula is C17H25Br3N2O3. The third-order valence-corrected chi connectivity index (χ3v) is 4.38. The van der Waals surface area contributed by atoms with Gasteiger partial charge in [0, 0.05) is 19.3 Å². The number of rotatable bonds is 8. The zero-order valence-corrected chi connectivity index (χ0v) is 19.6. The summed E-state index contributed by atoms with van der Waals surface area (Å²) in [6, 6.07) is 6.99. The van der Waals surface area contributed by atoms with E-state index in [-0.39, 0.29) is 12.1 Å². The van der Waals surface area contributed by atoms with Crippen molar-refractivity contribution < 1.29 is 14.3 Å². The Morgan fingerprint density at radius 3 is 2.32 bits per heavy atom. The van der Waals surface area contributed by atoms with Crippen LogP contribution in [0.5, 0.6) is 5.75 Å². The maximum absolute atomic E-state index is 12.5. The van der Waals surface area contributed by atoms with E-state index < -0.39 is 8.37 Å². The highest BCUT2D eigenvalue weighted by Crippen LogP contribution is 2.40. The second-order valence-electron chi connectivity index (χ2n) is 5.85. The van der Waals surface area contributed by atoms with Gasteiger partial charge in [0.1, 0.15) is 5.75 Å². The van der Waals surface area contributed by atoms with Crippen molar-refractivity contribution in [2.45, 2.75) is 48.1 Å². The van der Waals surface area contributed by atoms with E-state index in [0.717, 1.165) is 18.6 Å². The maximum Gasteiger partial charge on any atom is 0.323 e. The summed E-state index contributed by atoms with van der Waals surface area (Å²) in [5.41, 5.74) is 0.685. The number of ether oxygens (including phenoxy) is 2. The fourth-order valence-corrected chi connectivity index (χ4v) is 3.29. The van der Waals surface area contributed by atoms with Crippen LogP contribution >= 0.6 is 47.8 Å². The number of hydrogen-bond donors (Lipinski definition) is 1. The first-order valence-corrected chi connectivity index (χ1v) is 10.5. The average Bonchev–Trinajstić information content (AvgIpc) is 2.51. The number of carbonyl (C=O) groups is 1. The third-order valence-electron chi connectivity index (χ3n) is 3.20. The van der Waals surface area contributed by atoms with Crippen LogP contribution in [0.2, 0.25) is 0 Å². The summed E-state index contributed by atoms with van der Waals surface area (Å²) in [5, 5.41) is 2.85. The number of urea groups is 1. The molecule has 0 saturated heterocycles. The van der Waals surface area contributed by atoms with Gasteiger partial charge in [-0.05, 0) is 44.5 Å². The number of amides is 2. The molecule has 142 valence electrons. The first-order chi connectivity index (χ1) is 11.6. The number of anilines is 1. The average molecular weight is 545 g/mol. The lowest BCUT2D eigenvalue weighted by molar-refractivity contribution is -0.0167. The molecule has 8 heteroatoms. The molecule has 1 rings (SSSR count). The Morgan fingerprint density at radius 1 is 1.24 bits per heavy atom. The van der Waals surface area contributed by atoms with Crippen LogP contribution in [-0.2, 0) is 4.74 Å². The molecule has 5 nitrogen and oxygen atoms in total. The lowest BCUT2D eigenvalue weighted by Gasteiger charge is -2.33. The second-order valence-corrected chi connectivity index (χ2v) is 12.8. The van der Waals surface area contributed by atoms with Gasteiger partial charge in [-0.1, -0.05) is 61.1 Å². The highest BCUT2D eigenvalue weighted by Gasteiger charge is 2.37. The standard InChI is InChI=1S/C17H25Br3N2O3/c1-5-6-11-24-15(17(18,19)20)22(4)16(23)21-13-7-9-14(10-8-13)25-12(2)3/h7-10,12,15H,5-6,11H2,1-4H3,(H,21,23). The zero-order valence-electron chi connectivity index (χ0n) is 14.9. The molecule has 0 saturated carbocycles. The monoisotopic (exact) mass is 542 g/mol. The van der Waals surface area contributed by atoms with Gasteiger partial charge in [0.05, 0.1) is 6.10 Å². The molecule has 0 bridgehead atoms. The minimum Gasteiger partial charge on any atom is -0.491 e. The summed E-state index contributed by atoms with van der Waals surface area (Å²) in [5.74, 6) is 0.766. The lowest BCUT2D eigenvalue weighted by Crippen LogP contribution is -2.48. The van der Waals surface area contributed by atoms with E-state index in [4.69, 9.17) is 9.47 Å². The molecule has 1 atom stereocenters. The fraction of sp³-hybridized carbons (Fsp3) is 0.588. The van der Waals surface area contributed by atoms with Gasteiger partial charge < -0.3 is 14.8 Å². The molecule has 0 spiro atoms. The van der Waals surface area contributed by atoms with Gasteiger partial charge in [-0.15, -0.1) is 0 Å². The highest BCUT2D eigenvalue weighted by atomic mass is 80.0. The van der Waals surface area contributed by atoms with Crippen molar-refractivity contribution >= 4 is 59.5 Å². The molecule has 1 unspecified atom stereocenters. The lowest BCUT2D eigenvalue weighted by atomic mass is 10.3. The first kappa shape index (κ1) is 22.7.